The summed E-state index contributed by atoms with van der Waals surface area (Å²) in [6.07, 6.45) is 0. The molecule has 0 bridgehead atoms. The number of likely N-dealkylation sites (N-methyl/N-ethyl adjacent to an activating group) is 1. The smallest absolute Gasteiger partial charge is 0.326 e. The van der Waals surface area contributed by atoms with Crippen LogP contribution in [0, 0.1) is 5.92 Å². The maximum absolute atomic E-state index is 11.6. The standard InChI is InChI=1S/C12H25N3O3/c1-8(2)9(10(16)17)14-11(18)13-7-12(3,4)15(5)6/h8-9H,7H2,1-6H3,(H,16,17)(H2,13,14,18)/t9-/m0/s1. The first kappa shape index (κ1) is 16.7. The molecular weight excluding hydrogens is 234 g/mol. The summed E-state index contributed by atoms with van der Waals surface area (Å²) in [5.74, 6) is -1.18. The molecule has 0 aliphatic carbocycles. The van der Waals surface area contributed by atoms with E-state index in [2.05, 4.69) is 10.6 Å². The number of urea groups is 1. The lowest BCUT2D eigenvalue weighted by Crippen LogP contribution is -2.53. The van der Waals surface area contributed by atoms with Crippen molar-refractivity contribution in [3.05, 3.63) is 0 Å². The molecule has 0 fully saturated rings. The van der Waals surface area contributed by atoms with Crippen molar-refractivity contribution in [1.29, 1.82) is 0 Å². The fourth-order valence-corrected chi connectivity index (χ4v) is 1.16. The van der Waals surface area contributed by atoms with Gasteiger partial charge in [0.25, 0.3) is 0 Å². The van der Waals surface area contributed by atoms with Gasteiger partial charge in [0, 0.05) is 12.1 Å². The Balaban J connectivity index is 4.31. The highest BCUT2D eigenvalue weighted by Crippen LogP contribution is 2.07. The predicted molar refractivity (Wildman–Crippen MR) is 70.6 cm³/mol. The first-order chi connectivity index (χ1) is 8.08. The van der Waals surface area contributed by atoms with Gasteiger partial charge in [-0.1, -0.05) is 13.8 Å². The molecule has 0 aromatic carbocycles. The topological polar surface area (TPSA) is 81.7 Å². The zero-order valence-electron chi connectivity index (χ0n) is 12.1. The number of rotatable bonds is 6. The van der Waals surface area contributed by atoms with Gasteiger partial charge in [-0.2, -0.15) is 0 Å². The third-order valence-corrected chi connectivity index (χ3v) is 3.11. The van der Waals surface area contributed by atoms with Crippen LogP contribution in [0.4, 0.5) is 4.79 Å². The van der Waals surface area contributed by atoms with Crippen molar-refractivity contribution in [3.8, 4) is 0 Å². The van der Waals surface area contributed by atoms with Gasteiger partial charge in [0.2, 0.25) is 0 Å². The largest absolute Gasteiger partial charge is 0.480 e. The number of carbonyl (C=O) groups excluding carboxylic acids is 1. The molecule has 0 aromatic heterocycles. The number of carbonyl (C=O) groups is 2. The van der Waals surface area contributed by atoms with Crippen LogP contribution < -0.4 is 10.6 Å². The van der Waals surface area contributed by atoms with Gasteiger partial charge in [-0.3, -0.25) is 0 Å². The highest BCUT2D eigenvalue weighted by atomic mass is 16.4. The molecular formula is C12H25N3O3. The van der Waals surface area contributed by atoms with Gasteiger partial charge in [0.15, 0.2) is 0 Å². The Hall–Kier alpha value is -1.30. The van der Waals surface area contributed by atoms with Crippen LogP contribution in [0.15, 0.2) is 0 Å². The van der Waals surface area contributed by atoms with Crippen molar-refractivity contribution in [1.82, 2.24) is 15.5 Å². The van der Waals surface area contributed by atoms with Gasteiger partial charge in [-0.25, -0.2) is 9.59 Å². The number of hydrogen-bond acceptors (Lipinski definition) is 3. The summed E-state index contributed by atoms with van der Waals surface area (Å²) in [6, 6.07) is -1.32. The number of carboxylic acids is 1. The molecule has 106 valence electrons. The second-order valence-electron chi connectivity index (χ2n) is 5.59. The second-order valence-corrected chi connectivity index (χ2v) is 5.59. The molecule has 0 aliphatic rings. The quantitative estimate of drug-likeness (QED) is 0.657. The molecule has 3 N–H and O–H groups in total. The van der Waals surface area contributed by atoms with Gasteiger partial charge < -0.3 is 20.6 Å². The maximum atomic E-state index is 11.6. The molecule has 0 heterocycles. The van der Waals surface area contributed by atoms with Crippen molar-refractivity contribution in [2.24, 2.45) is 5.92 Å². The zero-order chi connectivity index (χ0) is 14.5. The van der Waals surface area contributed by atoms with Crippen LogP contribution in [-0.4, -0.2) is 54.2 Å². The van der Waals surface area contributed by atoms with E-state index < -0.39 is 18.0 Å². The van der Waals surface area contributed by atoms with Crippen molar-refractivity contribution >= 4 is 12.0 Å². The van der Waals surface area contributed by atoms with Crippen LogP contribution in [0.3, 0.4) is 0 Å². The van der Waals surface area contributed by atoms with Crippen LogP contribution in [0.2, 0.25) is 0 Å². The lowest BCUT2D eigenvalue weighted by molar-refractivity contribution is -0.140. The van der Waals surface area contributed by atoms with E-state index in [-0.39, 0.29) is 11.5 Å². The zero-order valence-corrected chi connectivity index (χ0v) is 12.1. The molecule has 0 aromatic rings. The Morgan fingerprint density at radius 1 is 1.28 bits per heavy atom. The fraction of sp³-hybridized carbons (Fsp3) is 0.833. The normalized spacial score (nSPS) is 13.6. The Morgan fingerprint density at radius 3 is 2.11 bits per heavy atom. The molecule has 6 heteroatoms. The molecule has 0 aliphatic heterocycles. The van der Waals surface area contributed by atoms with Crippen LogP contribution in [0.1, 0.15) is 27.7 Å². The highest BCUT2D eigenvalue weighted by Gasteiger charge is 2.25. The van der Waals surface area contributed by atoms with Crippen molar-refractivity contribution in [3.63, 3.8) is 0 Å². The molecule has 1 atom stereocenters. The first-order valence-corrected chi connectivity index (χ1v) is 6.02. The number of nitrogens with zero attached hydrogens (tertiary/aromatic N) is 1. The molecule has 0 spiro atoms. The van der Waals surface area contributed by atoms with E-state index in [1.807, 2.05) is 32.8 Å². The maximum Gasteiger partial charge on any atom is 0.326 e. The van der Waals surface area contributed by atoms with E-state index in [1.54, 1.807) is 13.8 Å². The lowest BCUT2D eigenvalue weighted by Gasteiger charge is -2.32. The molecule has 0 unspecified atom stereocenters. The monoisotopic (exact) mass is 259 g/mol. The summed E-state index contributed by atoms with van der Waals surface area (Å²) in [4.78, 5) is 24.6. The third-order valence-electron chi connectivity index (χ3n) is 3.11. The van der Waals surface area contributed by atoms with Crippen LogP contribution in [0.25, 0.3) is 0 Å². The third kappa shape index (κ3) is 5.35. The number of hydrogen-bond donors (Lipinski definition) is 3. The van der Waals surface area contributed by atoms with Crippen molar-refractivity contribution < 1.29 is 14.7 Å². The fourth-order valence-electron chi connectivity index (χ4n) is 1.16. The molecule has 0 rings (SSSR count). The van der Waals surface area contributed by atoms with Crippen LogP contribution >= 0.6 is 0 Å². The minimum Gasteiger partial charge on any atom is -0.480 e. The minimum absolute atomic E-state index is 0.157. The Kier molecular flexibility index (Phi) is 6.11. The summed E-state index contributed by atoms with van der Waals surface area (Å²) in [6.45, 7) is 7.93. The number of amides is 2. The second kappa shape index (κ2) is 6.58. The summed E-state index contributed by atoms with van der Waals surface area (Å²) < 4.78 is 0. The number of aliphatic carboxylic acids is 1. The van der Waals surface area contributed by atoms with E-state index in [0.717, 1.165) is 0 Å². The molecule has 0 saturated heterocycles. The van der Waals surface area contributed by atoms with E-state index in [1.165, 1.54) is 0 Å². The summed E-state index contributed by atoms with van der Waals surface area (Å²) in [7, 11) is 3.85. The molecule has 2 amide bonds. The van der Waals surface area contributed by atoms with Gasteiger partial charge in [0.05, 0.1) is 0 Å². The SMILES string of the molecule is CC(C)[C@H](NC(=O)NCC(C)(C)N(C)C)C(=O)O. The van der Waals surface area contributed by atoms with Crippen molar-refractivity contribution in [2.75, 3.05) is 20.6 Å². The molecule has 18 heavy (non-hydrogen) atoms. The van der Waals surface area contributed by atoms with Crippen molar-refractivity contribution in [2.45, 2.75) is 39.3 Å². The summed E-state index contributed by atoms with van der Waals surface area (Å²) >= 11 is 0. The summed E-state index contributed by atoms with van der Waals surface area (Å²) in [5, 5.41) is 14.1. The average Bonchev–Trinajstić information content (AvgIpc) is 2.22. The van der Waals surface area contributed by atoms with Gasteiger partial charge in [0.1, 0.15) is 6.04 Å². The molecule has 0 saturated carbocycles. The van der Waals surface area contributed by atoms with Crippen LogP contribution in [-0.2, 0) is 4.79 Å². The molecule has 6 nitrogen and oxygen atoms in total. The van der Waals surface area contributed by atoms with Crippen LogP contribution in [0.5, 0.6) is 0 Å². The lowest BCUT2D eigenvalue weighted by atomic mass is 10.0. The van der Waals surface area contributed by atoms with E-state index in [9.17, 15) is 9.59 Å². The first-order valence-electron chi connectivity index (χ1n) is 6.02. The van der Waals surface area contributed by atoms with Gasteiger partial charge >= 0.3 is 12.0 Å². The Labute approximate surface area is 109 Å². The molecule has 0 radical (unpaired) electrons. The number of carboxylic acid groups (broad SMARTS) is 1. The van der Waals surface area contributed by atoms with Gasteiger partial charge in [-0.05, 0) is 33.9 Å². The van der Waals surface area contributed by atoms with E-state index >= 15 is 0 Å². The number of nitrogens with one attached hydrogen (secondary N) is 2. The summed E-state index contributed by atoms with van der Waals surface area (Å²) in [5.41, 5.74) is -0.187. The minimum atomic E-state index is -1.02. The average molecular weight is 259 g/mol. The highest BCUT2D eigenvalue weighted by molar-refractivity contribution is 5.82. The van der Waals surface area contributed by atoms with E-state index in [4.69, 9.17) is 5.11 Å². The Morgan fingerprint density at radius 2 is 1.78 bits per heavy atom. The van der Waals surface area contributed by atoms with E-state index in [0.29, 0.717) is 6.54 Å². The van der Waals surface area contributed by atoms with Gasteiger partial charge in [-0.15, -0.1) is 0 Å². The predicted octanol–water partition coefficient (Wildman–Crippen LogP) is 0.735. The Bertz CT molecular complexity index is 301.